The van der Waals surface area contributed by atoms with Crippen LogP contribution in [0.3, 0.4) is 0 Å². The number of hydrogen-bond acceptors (Lipinski definition) is 4. The lowest BCUT2D eigenvalue weighted by molar-refractivity contribution is 0.271. The molecule has 172 valence electrons. The molecule has 6 nitrogen and oxygen atoms in total. The molecule has 0 radical (unpaired) electrons. The van der Waals surface area contributed by atoms with E-state index in [2.05, 4.69) is 36.4 Å². The molecule has 0 saturated heterocycles. The van der Waals surface area contributed by atoms with Crippen LogP contribution in [0.2, 0.25) is 0 Å². The zero-order valence-electron chi connectivity index (χ0n) is 18.7. The van der Waals surface area contributed by atoms with Gasteiger partial charge in [0.25, 0.3) is 0 Å². The van der Waals surface area contributed by atoms with Gasteiger partial charge < -0.3 is 15.4 Å². The quantitative estimate of drug-likeness (QED) is 0.195. The van der Waals surface area contributed by atoms with E-state index in [4.69, 9.17) is 4.74 Å². The molecule has 0 heterocycles. The first-order valence-corrected chi connectivity index (χ1v) is 11.9. The van der Waals surface area contributed by atoms with Crippen LogP contribution < -0.4 is 15.4 Å². The van der Waals surface area contributed by atoms with Gasteiger partial charge in [0.2, 0.25) is 0 Å². The van der Waals surface area contributed by atoms with E-state index in [1.165, 1.54) is 0 Å². The standard InChI is InChI=1S/C23H33N3O3S.HI/c1-18(2)17-29-21-13-11-20(12-14-21)19(3)26-23(24-4)25-15-8-16-30(27,28)22-9-6-5-7-10-22;/h5-7,9-14,18-19H,8,15-17H2,1-4H3,(H2,24,25,26);1H. The summed E-state index contributed by atoms with van der Waals surface area (Å²) in [7, 11) is -1.56. The monoisotopic (exact) mass is 559 g/mol. The number of rotatable bonds is 10. The van der Waals surface area contributed by atoms with Crippen molar-refractivity contribution >= 4 is 39.8 Å². The minimum atomic E-state index is -3.26. The highest BCUT2D eigenvalue weighted by atomic mass is 127. The molecule has 2 N–H and O–H groups in total. The van der Waals surface area contributed by atoms with Gasteiger partial charge in [0.15, 0.2) is 15.8 Å². The van der Waals surface area contributed by atoms with E-state index in [1.807, 2.05) is 30.3 Å². The second-order valence-electron chi connectivity index (χ2n) is 7.62. The molecule has 2 aromatic carbocycles. The Bertz CT molecular complexity index is 901. The topological polar surface area (TPSA) is 79.8 Å². The number of nitrogens with one attached hydrogen (secondary N) is 2. The summed E-state index contributed by atoms with van der Waals surface area (Å²) < 4.78 is 30.4. The molecular formula is C23H34IN3O3S. The number of ether oxygens (including phenoxy) is 1. The molecule has 2 aromatic rings. The van der Waals surface area contributed by atoms with Crippen molar-refractivity contribution in [1.29, 1.82) is 0 Å². The molecule has 1 unspecified atom stereocenters. The Morgan fingerprint density at radius 1 is 1.03 bits per heavy atom. The molecule has 0 amide bonds. The van der Waals surface area contributed by atoms with Crippen molar-refractivity contribution < 1.29 is 13.2 Å². The number of nitrogens with zero attached hydrogens (tertiary/aromatic N) is 1. The fraction of sp³-hybridized carbons (Fsp3) is 0.435. The van der Waals surface area contributed by atoms with Crippen molar-refractivity contribution in [1.82, 2.24) is 10.6 Å². The molecule has 0 saturated carbocycles. The highest BCUT2D eigenvalue weighted by molar-refractivity contribution is 14.0. The van der Waals surface area contributed by atoms with E-state index < -0.39 is 9.84 Å². The van der Waals surface area contributed by atoms with Crippen LogP contribution in [-0.4, -0.2) is 40.3 Å². The Hall–Kier alpha value is -1.81. The Balaban J connectivity index is 0.00000480. The van der Waals surface area contributed by atoms with Crippen LogP contribution >= 0.6 is 24.0 Å². The Morgan fingerprint density at radius 2 is 1.68 bits per heavy atom. The average Bonchev–Trinajstić information content (AvgIpc) is 2.75. The second-order valence-corrected chi connectivity index (χ2v) is 9.73. The fourth-order valence-electron chi connectivity index (χ4n) is 2.81. The molecule has 0 aromatic heterocycles. The number of hydrogen-bond donors (Lipinski definition) is 2. The van der Waals surface area contributed by atoms with Crippen molar-refractivity contribution in [2.75, 3.05) is 26.0 Å². The summed E-state index contributed by atoms with van der Waals surface area (Å²) in [4.78, 5) is 4.60. The molecule has 0 fully saturated rings. The number of sulfone groups is 1. The molecule has 0 aliphatic rings. The van der Waals surface area contributed by atoms with Gasteiger partial charge in [0, 0.05) is 13.6 Å². The van der Waals surface area contributed by atoms with Crippen LogP contribution in [-0.2, 0) is 9.84 Å². The number of benzene rings is 2. The second kappa shape index (κ2) is 13.6. The Labute approximate surface area is 203 Å². The summed E-state index contributed by atoms with van der Waals surface area (Å²) in [6.45, 7) is 7.51. The largest absolute Gasteiger partial charge is 0.493 e. The van der Waals surface area contributed by atoms with Gasteiger partial charge in [0.1, 0.15) is 5.75 Å². The van der Waals surface area contributed by atoms with Crippen molar-refractivity contribution in [2.45, 2.75) is 38.1 Å². The number of guanidine groups is 1. The summed E-state index contributed by atoms with van der Waals surface area (Å²) in [6.07, 6.45) is 0.494. The minimum absolute atomic E-state index is 0. The maximum absolute atomic E-state index is 12.3. The normalized spacial score (nSPS) is 12.7. The van der Waals surface area contributed by atoms with Crippen LogP contribution in [0, 0.1) is 5.92 Å². The van der Waals surface area contributed by atoms with Gasteiger partial charge in [-0.3, -0.25) is 4.99 Å². The van der Waals surface area contributed by atoms with Gasteiger partial charge in [-0.1, -0.05) is 44.2 Å². The van der Waals surface area contributed by atoms with Crippen LogP contribution in [0.4, 0.5) is 0 Å². The lowest BCUT2D eigenvalue weighted by Crippen LogP contribution is -2.39. The SMILES string of the molecule is CN=C(NCCCS(=O)(=O)c1ccccc1)NC(C)c1ccc(OCC(C)C)cc1.I. The van der Waals surface area contributed by atoms with Gasteiger partial charge >= 0.3 is 0 Å². The van der Waals surface area contributed by atoms with Crippen LogP contribution in [0.1, 0.15) is 38.8 Å². The summed E-state index contributed by atoms with van der Waals surface area (Å²) in [5.41, 5.74) is 1.11. The first-order chi connectivity index (χ1) is 14.3. The Morgan fingerprint density at radius 3 is 2.26 bits per heavy atom. The third-order valence-electron chi connectivity index (χ3n) is 4.52. The van der Waals surface area contributed by atoms with Crippen molar-refractivity contribution in [2.24, 2.45) is 10.9 Å². The van der Waals surface area contributed by atoms with Crippen LogP contribution in [0.5, 0.6) is 5.75 Å². The third kappa shape index (κ3) is 9.47. The lowest BCUT2D eigenvalue weighted by atomic mass is 10.1. The first-order valence-electron chi connectivity index (χ1n) is 10.3. The van der Waals surface area contributed by atoms with Crippen molar-refractivity contribution in [3.05, 3.63) is 60.2 Å². The molecule has 1 atom stereocenters. The summed E-state index contributed by atoms with van der Waals surface area (Å²) in [6, 6.07) is 16.6. The van der Waals surface area contributed by atoms with E-state index >= 15 is 0 Å². The molecular weight excluding hydrogens is 525 g/mol. The third-order valence-corrected chi connectivity index (χ3v) is 6.34. The molecule has 2 rings (SSSR count). The minimum Gasteiger partial charge on any atom is -0.493 e. The number of halogens is 1. The smallest absolute Gasteiger partial charge is 0.191 e. The predicted molar refractivity (Wildman–Crippen MR) is 138 cm³/mol. The molecule has 31 heavy (non-hydrogen) atoms. The first kappa shape index (κ1) is 27.2. The van der Waals surface area contributed by atoms with Crippen molar-refractivity contribution in [3.63, 3.8) is 0 Å². The van der Waals surface area contributed by atoms with Gasteiger partial charge in [-0.2, -0.15) is 0 Å². The summed E-state index contributed by atoms with van der Waals surface area (Å²) in [5, 5.41) is 6.52. The maximum atomic E-state index is 12.3. The highest BCUT2D eigenvalue weighted by Crippen LogP contribution is 2.18. The Kier molecular flexibility index (Phi) is 11.9. The molecule has 0 aliphatic heterocycles. The zero-order chi connectivity index (χ0) is 22.0. The van der Waals surface area contributed by atoms with Crippen molar-refractivity contribution in [3.8, 4) is 5.75 Å². The van der Waals surface area contributed by atoms with E-state index in [0.717, 1.165) is 11.3 Å². The van der Waals surface area contributed by atoms with Crippen LogP contribution in [0.25, 0.3) is 0 Å². The molecule has 0 spiro atoms. The lowest BCUT2D eigenvalue weighted by Gasteiger charge is -2.19. The van der Waals surface area contributed by atoms with Gasteiger partial charge in [0.05, 0.1) is 23.3 Å². The predicted octanol–water partition coefficient (Wildman–Crippen LogP) is 4.43. The van der Waals surface area contributed by atoms with E-state index in [-0.39, 0.29) is 35.8 Å². The van der Waals surface area contributed by atoms with E-state index in [1.54, 1.807) is 31.3 Å². The zero-order valence-corrected chi connectivity index (χ0v) is 21.8. The summed E-state index contributed by atoms with van der Waals surface area (Å²) >= 11 is 0. The van der Waals surface area contributed by atoms with Gasteiger partial charge in [-0.15, -0.1) is 24.0 Å². The average molecular weight is 560 g/mol. The fourth-order valence-corrected chi connectivity index (χ4v) is 4.15. The van der Waals surface area contributed by atoms with Gasteiger partial charge in [-0.25, -0.2) is 8.42 Å². The number of aliphatic imine (C=N–C) groups is 1. The molecule has 0 aliphatic carbocycles. The van der Waals surface area contributed by atoms with Crippen LogP contribution in [0.15, 0.2) is 64.5 Å². The van der Waals surface area contributed by atoms with E-state index in [9.17, 15) is 8.42 Å². The highest BCUT2D eigenvalue weighted by Gasteiger charge is 2.13. The molecule has 8 heteroatoms. The summed E-state index contributed by atoms with van der Waals surface area (Å²) in [5.74, 6) is 2.08. The molecule has 0 bridgehead atoms. The van der Waals surface area contributed by atoms with E-state index in [0.29, 0.717) is 36.3 Å². The maximum Gasteiger partial charge on any atom is 0.191 e. The van der Waals surface area contributed by atoms with Gasteiger partial charge in [-0.05, 0) is 49.1 Å².